The van der Waals surface area contributed by atoms with Crippen LogP contribution in [0.5, 0.6) is 0 Å². The van der Waals surface area contributed by atoms with Gasteiger partial charge in [-0.2, -0.15) is 0 Å². The minimum absolute atomic E-state index is 0.0220. The SMILES string of the molecule is CNC(Cc1cc(Br)ccc1F)c1cccc(C)c1Cl. The normalized spacial score (nSPS) is 12.4. The van der Waals surface area contributed by atoms with E-state index in [2.05, 4.69) is 21.2 Å². The summed E-state index contributed by atoms with van der Waals surface area (Å²) >= 11 is 9.74. The molecule has 2 aromatic rings. The highest BCUT2D eigenvalue weighted by Gasteiger charge is 2.16. The lowest BCUT2D eigenvalue weighted by molar-refractivity contribution is 0.554. The Morgan fingerprint density at radius 1 is 1.30 bits per heavy atom. The maximum atomic E-state index is 13.9. The van der Waals surface area contributed by atoms with E-state index < -0.39 is 0 Å². The fraction of sp³-hybridized carbons (Fsp3) is 0.250. The summed E-state index contributed by atoms with van der Waals surface area (Å²) in [5, 5.41) is 3.95. The summed E-state index contributed by atoms with van der Waals surface area (Å²) in [6.07, 6.45) is 0.547. The van der Waals surface area contributed by atoms with Gasteiger partial charge in [0.25, 0.3) is 0 Å². The summed E-state index contributed by atoms with van der Waals surface area (Å²) < 4.78 is 14.8. The Morgan fingerprint density at radius 3 is 2.75 bits per heavy atom. The molecule has 0 aliphatic carbocycles. The van der Waals surface area contributed by atoms with Crippen LogP contribution in [0.15, 0.2) is 40.9 Å². The first-order valence-corrected chi connectivity index (χ1v) is 7.56. The Hall–Kier alpha value is -0.900. The van der Waals surface area contributed by atoms with Crippen LogP contribution in [-0.2, 0) is 6.42 Å². The zero-order valence-corrected chi connectivity index (χ0v) is 13.7. The van der Waals surface area contributed by atoms with Gasteiger partial charge in [-0.1, -0.05) is 45.7 Å². The molecule has 1 atom stereocenters. The summed E-state index contributed by atoms with van der Waals surface area (Å²) in [6, 6.07) is 10.9. The number of hydrogen-bond acceptors (Lipinski definition) is 1. The number of halogens is 3. The third kappa shape index (κ3) is 3.40. The highest BCUT2D eigenvalue weighted by molar-refractivity contribution is 9.10. The molecule has 106 valence electrons. The third-order valence-corrected chi connectivity index (χ3v) is 4.39. The number of nitrogens with one attached hydrogen (secondary N) is 1. The van der Waals surface area contributed by atoms with Crippen molar-refractivity contribution < 1.29 is 4.39 Å². The zero-order chi connectivity index (χ0) is 14.7. The molecule has 0 aliphatic rings. The van der Waals surface area contributed by atoms with Crippen LogP contribution >= 0.6 is 27.5 Å². The molecule has 1 nitrogen and oxygen atoms in total. The van der Waals surface area contributed by atoms with Crippen molar-refractivity contribution in [1.29, 1.82) is 0 Å². The van der Waals surface area contributed by atoms with Crippen molar-refractivity contribution in [2.75, 3.05) is 7.05 Å². The highest BCUT2D eigenvalue weighted by Crippen LogP contribution is 2.29. The summed E-state index contributed by atoms with van der Waals surface area (Å²) in [7, 11) is 1.86. The Kier molecular flexibility index (Phi) is 5.19. The second-order valence-electron chi connectivity index (χ2n) is 4.76. The van der Waals surface area contributed by atoms with Crippen molar-refractivity contribution in [3.63, 3.8) is 0 Å². The number of hydrogen-bond donors (Lipinski definition) is 1. The summed E-state index contributed by atoms with van der Waals surface area (Å²) in [5.41, 5.74) is 2.68. The first-order chi connectivity index (χ1) is 9.52. The molecule has 0 aliphatic heterocycles. The minimum Gasteiger partial charge on any atom is -0.313 e. The van der Waals surface area contributed by atoms with Gasteiger partial charge in [0, 0.05) is 15.5 Å². The zero-order valence-electron chi connectivity index (χ0n) is 11.4. The maximum absolute atomic E-state index is 13.9. The van der Waals surface area contributed by atoms with Gasteiger partial charge >= 0.3 is 0 Å². The van der Waals surface area contributed by atoms with Crippen molar-refractivity contribution in [1.82, 2.24) is 5.32 Å². The lowest BCUT2D eigenvalue weighted by Crippen LogP contribution is -2.20. The predicted molar refractivity (Wildman–Crippen MR) is 85.8 cm³/mol. The molecule has 1 unspecified atom stereocenters. The first-order valence-electron chi connectivity index (χ1n) is 6.39. The summed E-state index contributed by atoms with van der Waals surface area (Å²) in [4.78, 5) is 0. The van der Waals surface area contributed by atoms with Gasteiger partial charge in [-0.3, -0.25) is 0 Å². The van der Waals surface area contributed by atoms with Crippen molar-refractivity contribution in [2.45, 2.75) is 19.4 Å². The van der Waals surface area contributed by atoms with Gasteiger partial charge in [-0.15, -0.1) is 0 Å². The van der Waals surface area contributed by atoms with Gasteiger partial charge < -0.3 is 5.32 Å². The molecular formula is C16H16BrClFN. The Balaban J connectivity index is 2.34. The standard InChI is InChI=1S/C16H16BrClFN/c1-10-4-3-5-13(16(10)18)15(20-2)9-11-8-12(17)6-7-14(11)19/h3-8,15,20H,9H2,1-2H3. The molecule has 0 bridgehead atoms. The third-order valence-electron chi connectivity index (χ3n) is 3.38. The monoisotopic (exact) mass is 355 g/mol. The molecule has 0 fully saturated rings. The Morgan fingerprint density at radius 2 is 2.05 bits per heavy atom. The van der Waals surface area contributed by atoms with E-state index in [4.69, 9.17) is 11.6 Å². The molecule has 20 heavy (non-hydrogen) atoms. The molecule has 0 amide bonds. The molecule has 2 rings (SSSR count). The molecule has 0 spiro atoms. The van der Waals surface area contributed by atoms with Crippen LogP contribution in [0.25, 0.3) is 0 Å². The van der Waals surface area contributed by atoms with Gasteiger partial charge in [0.05, 0.1) is 0 Å². The topological polar surface area (TPSA) is 12.0 Å². The van der Waals surface area contributed by atoms with E-state index in [1.54, 1.807) is 6.07 Å². The van der Waals surface area contributed by atoms with E-state index in [1.807, 2.05) is 38.2 Å². The van der Waals surface area contributed by atoms with Crippen molar-refractivity contribution in [2.24, 2.45) is 0 Å². The van der Waals surface area contributed by atoms with Gasteiger partial charge in [0.1, 0.15) is 5.82 Å². The van der Waals surface area contributed by atoms with Crippen LogP contribution in [0, 0.1) is 12.7 Å². The maximum Gasteiger partial charge on any atom is 0.126 e. The van der Waals surface area contributed by atoms with Crippen LogP contribution in [0.4, 0.5) is 4.39 Å². The lowest BCUT2D eigenvalue weighted by Gasteiger charge is -2.19. The number of benzene rings is 2. The van der Waals surface area contributed by atoms with Gasteiger partial charge in [-0.25, -0.2) is 4.39 Å². The lowest BCUT2D eigenvalue weighted by atomic mass is 9.97. The molecule has 0 saturated heterocycles. The fourth-order valence-corrected chi connectivity index (χ4v) is 2.89. The highest BCUT2D eigenvalue weighted by atomic mass is 79.9. The molecular weight excluding hydrogens is 341 g/mol. The van der Waals surface area contributed by atoms with E-state index in [1.165, 1.54) is 6.07 Å². The predicted octanol–water partition coefficient (Wildman–Crippen LogP) is 5.05. The van der Waals surface area contributed by atoms with Crippen LogP contribution in [-0.4, -0.2) is 7.05 Å². The van der Waals surface area contributed by atoms with E-state index in [-0.39, 0.29) is 11.9 Å². The second-order valence-corrected chi connectivity index (χ2v) is 6.05. The molecule has 0 aromatic heterocycles. The van der Waals surface area contributed by atoms with E-state index in [9.17, 15) is 4.39 Å². The average Bonchev–Trinajstić information content (AvgIpc) is 2.43. The molecule has 0 radical (unpaired) electrons. The molecule has 1 N–H and O–H groups in total. The van der Waals surface area contributed by atoms with Crippen LogP contribution in [0.3, 0.4) is 0 Å². The summed E-state index contributed by atoms with van der Waals surface area (Å²) in [5.74, 6) is -0.197. The van der Waals surface area contributed by atoms with Crippen molar-refractivity contribution >= 4 is 27.5 Å². The Labute approximate surface area is 132 Å². The number of rotatable bonds is 4. The minimum atomic E-state index is -0.197. The first kappa shape index (κ1) is 15.5. The van der Waals surface area contributed by atoms with E-state index >= 15 is 0 Å². The van der Waals surface area contributed by atoms with Crippen LogP contribution in [0.2, 0.25) is 5.02 Å². The largest absolute Gasteiger partial charge is 0.313 e. The van der Waals surface area contributed by atoms with Crippen molar-refractivity contribution in [3.05, 3.63) is 68.4 Å². The number of aryl methyl sites for hydroxylation is 1. The van der Waals surface area contributed by atoms with Crippen molar-refractivity contribution in [3.8, 4) is 0 Å². The van der Waals surface area contributed by atoms with Crippen LogP contribution in [0.1, 0.15) is 22.7 Å². The fourth-order valence-electron chi connectivity index (χ4n) is 2.23. The molecule has 2 aromatic carbocycles. The van der Waals surface area contributed by atoms with Gasteiger partial charge in [0.15, 0.2) is 0 Å². The molecule has 0 heterocycles. The van der Waals surface area contributed by atoms with E-state index in [0.717, 1.165) is 20.6 Å². The van der Waals surface area contributed by atoms with Gasteiger partial charge in [0.2, 0.25) is 0 Å². The smallest absolute Gasteiger partial charge is 0.126 e. The van der Waals surface area contributed by atoms with Gasteiger partial charge in [-0.05, 0) is 55.3 Å². The Bertz CT molecular complexity index is 615. The summed E-state index contributed by atoms with van der Waals surface area (Å²) in [6.45, 7) is 1.97. The molecule has 0 saturated carbocycles. The average molecular weight is 357 g/mol. The quantitative estimate of drug-likeness (QED) is 0.808. The second kappa shape index (κ2) is 6.70. The van der Waals surface area contributed by atoms with E-state index in [0.29, 0.717) is 12.0 Å². The molecule has 4 heteroatoms. The van der Waals surface area contributed by atoms with Crippen LogP contribution < -0.4 is 5.32 Å². The number of likely N-dealkylation sites (N-methyl/N-ethyl adjacent to an activating group) is 1.